The molecule has 5 rings (SSSR count). The van der Waals surface area contributed by atoms with Crippen molar-refractivity contribution < 1.29 is 13.7 Å². The number of hydrogen-bond donors (Lipinski definition) is 0. The Labute approximate surface area is 181 Å². The van der Waals surface area contributed by atoms with Crippen molar-refractivity contribution >= 4 is 23.1 Å². The van der Waals surface area contributed by atoms with Gasteiger partial charge in [-0.05, 0) is 48.9 Å². The summed E-state index contributed by atoms with van der Waals surface area (Å²) in [5, 5.41) is 12.9. The molecule has 0 saturated carbocycles. The highest BCUT2D eigenvalue weighted by atomic mass is 32.2. The van der Waals surface area contributed by atoms with Crippen LogP contribution in [0.3, 0.4) is 0 Å². The van der Waals surface area contributed by atoms with E-state index in [0.717, 1.165) is 29.2 Å². The van der Waals surface area contributed by atoms with Crippen LogP contribution >= 0.6 is 23.1 Å². The Hall–Kier alpha value is -2.65. The van der Waals surface area contributed by atoms with Gasteiger partial charge in [0.25, 0.3) is 11.1 Å². The third kappa shape index (κ3) is 3.87. The molecule has 7 nitrogen and oxygen atoms in total. The Bertz CT molecular complexity index is 1170. The summed E-state index contributed by atoms with van der Waals surface area (Å²) in [6, 6.07) is 9.77. The van der Waals surface area contributed by atoms with Crippen LogP contribution in [0.1, 0.15) is 29.7 Å². The van der Waals surface area contributed by atoms with E-state index >= 15 is 0 Å². The monoisotopic (exact) mass is 440 g/mol. The lowest BCUT2D eigenvalue weighted by Crippen LogP contribution is -2.07. The molecule has 0 saturated heterocycles. The van der Waals surface area contributed by atoms with Crippen LogP contribution in [-0.4, -0.2) is 27.4 Å². The Morgan fingerprint density at radius 1 is 1.27 bits per heavy atom. The molecule has 154 valence electrons. The molecule has 0 radical (unpaired) electrons. The summed E-state index contributed by atoms with van der Waals surface area (Å²) in [6.45, 7) is 2.30. The number of hydrogen-bond acceptors (Lipinski definition) is 9. The van der Waals surface area contributed by atoms with Gasteiger partial charge in [-0.2, -0.15) is 4.98 Å². The third-order valence-electron chi connectivity index (χ3n) is 5.08. The predicted molar refractivity (Wildman–Crippen MR) is 115 cm³/mol. The van der Waals surface area contributed by atoms with Gasteiger partial charge in [0.2, 0.25) is 11.7 Å². The number of methoxy groups -OCH3 is 1. The number of rotatable bonds is 6. The fourth-order valence-electron chi connectivity index (χ4n) is 3.55. The predicted octanol–water partition coefficient (Wildman–Crippen LogP) is 5.27. The minimum atomic E-state index is 0.447. The van der Waals surface area contributed by atoms with Crippen LogP contribution in [0.5, 0.6) is 5.75 Å². The molecule has 0 bridgehead atoms. The van der Waals surface area contributed by atoms with Gasteiger partial charge in [0.15, 0.2) is 0 Å². The van der Waals surface area contributed by atoms with Gasteiger partial charge in [0, 0.05) is 4.88 Å². The minimum absolute atomic E-state index is 0.447. The van der Waals surface area contributed by atoms with Crippen LogP contribution < -0.4 is 4.74 Å². The van der Waals surface area contributed by atoms with Crippen molar-refractivity contribution in [1.82, 2.24) is 20.3 Å². The van der Waals surface area contributed by atoms with E-state index in [2.05, 4.69) is 33.3 Å². The number of aryl methyl sites for hydroxylation is 1. The average Bonchev–Trinajstić information content (AvgIpc) is 3.50. The lowest BCUT2D eigenvalue weighted by atomic mass is 9.90. The molecule has 4 aromatic rings. The number of para-hydroxylation sites is 1. The second kappa shape index (κ2) is 8.23. The third-order valence-corrected chi connectivity index (χ3v) is 7.11. The van der Waals surface area contributed by atoms with Crippen molar-refractivity contribution in [1.29, 1.82) is 0 Å². The fraction of sp³-hybridized carbons (Fsp3) is 0.333. The summed E-state index contributed by atoms with van der Waals surface area (Å²) in [5.74, 6) is 3.44. The van der Waals surface area contributed by atoms with Gasteiger partial charge in [-0.3, -0.25) is 0 Å². The first-order valence-electron chi connectivity index (χ1n) is 9.74. The van der Waals surface area contributed by atoms with Gasteiger partial charge in [0.05, 0.1) is 23.3 Å². The quantitative estimate of drug-likeness (QED) is 0.375. The Balaban J connectivity index is 1.26. The molecule has 0 amide bonds. The van der Waals surface area contributed by atoms with Crippen molar-refractivity contribution in [3.8, 4) is 27.9 Å². The highest BCUT2D eigenvalue weighted by molar-refractivity contribution is 7.98. The van der Waals surface area contributed by atoms with E-state index in [9.17, 15) is 0 Å². The standard InChI is InChI=1S/C21H20N4O3S2/c1-12-7-8-16-13(9-12)10-17(30-16)20-23-24-21(27-20)29-11-18-22-19(25-28-18)14-5-3-4-6-15(14)26-2/h3-6,10,12H,7-9,11H2,1-2H3/t12-/m1/s1. The molecule has 1 aliphatic rings. The van der Waals surface area contributed by atoms with E-state index in [1.807, 2.05) is 24.3 Å². The molecule has 1 atom stereocenters. The van der Waals surface area contributed by atoms with Gasteiger partial charge in [-0.1, -0.05) is 36.0 Å². The van der Waals surface area contributed by atoms with Crippen LogP contribution in [0.25, 0.3) is 22.2 Å². The Kier molecular flexibility index (Phi) is 5.30. The zero-order valence-electron chi connectivity index (χ0n) is 16.6. The highest BCUT2D eigenvalue weighted by Gasteiger charge is 2.21. The van der Waals surface area contributed by atoms with Crippen LogP contribution in [0.4, 0.5) is 0 Å². The molecule has 0 spiro atoms. The molecular formula is C21H20N4O3S2. The summed E-state index contributed by atoms with van der Waals surface area (Å²) in [7, 11) is 1.62. The molecule has 30 heavy (non-hydrogen) atoms. The first-order valence-corrected chi connectivity index (χ1v) is 11.5. The lowest BCUT2D eigenvalue weighted by Gasteiger charge is -2.16. The zero-order chi connectivity index (χ0) is 20.5. The molecule has 9 heteroatoms. The van der Waals surface area contributed by atoms with Crippen LogP contribution in [0, 0.1) is 5.92 Å². The maximum atomic E-state index is 5.87. The van der Waals surface area contributed by atoms with E-state index < -0.39 is 0 Å². The smallest absolute Gasteiger partial charge is 0.277 e. The van der Waals surface area contributed by atoms with E-state index in [-0.39, 0.29) is 0 Å². The number of ether oxygens (including phenoxy) is 1. The van der Waals surface area contributed by atoms with Crippen LogP contribution in [-0.2, 0) is 18.6 Å². The van der Waals surface area contributed by atoms with Crippen molar-refractivity contribution in [3.05, 3.63) is 46.7 Å². The molecule has 0 N–H and O–H groups in total. The second-order valence-electron chi connectivity index (χ2n) is 7.28. The van der Waals surface area contributed by atoms with Gasteiger partial charge in [0.1, 0.15) is 5.75 Å². The van der Waals surface area contributed by atoms with Crippen molar-refractivity contribution in [3.63, 3.8) is 0 Å². The first kappa shape index (κ1) is 19.3. The Morgan fingerprint density at radius 2 is 2.17 bits per heavy atom. The van der Waals surface area contributed by atoms with Gasteiger partial charge < -0.3 is 13.7 Å². The summed E-state index contributed by atoms with van der Waals surface area (Å²) in [4.78, 5) is 6.95. The van der Waals surface area contributed by atoms with E-state index in [4.69, 9.17) is 13.7 Å². The van der Waals surface area contributed by atoms with Crippen molar-refractivity contribution in [2.24, 2.45) is 5.92 Å². The second-order valence-corrected chi connectivity index (χ2v) is 9.34. The number of thioether (sulfide) groups is 1. The molecule has 0 fully saturated rings. The minimum Gasteiger partial charge on any atom is -0.496 e. The van der Waals surface area contributed by atoms with E-state index in [1.54, 1.807) is 18.4 Å². The highest BCUT2D eigenvalue weighted by Crippen LogP contribution is 2.37. The summed E-state index contributed by atoms with van der Waals surface area (Å²) < 4.78 is 16.6. The van der Waals surface area contributed by atoms with E-state index in [1.165, 1.54) is 28.6 Å². The molecule has 1 aromatic carbocycles. The van der Waals surface area contributed by atoms with Crippen molar-refractivity contribution in [2.45, 2.75) is 37.2 Å². The molecular weight excluding hydrogens is 420 g/mol. The molecule has 1 aliphatic carbocycles. The van der Waals surface area contributed by atoms with Crippen LogP contribution in [0.15, 0.2) is 44.5 Å². The fourth-order valence-corrected chi connectivity index (χ4v) is 5.28. The maximum Gasteiger partial charge on any atom is 0.277 e. The molecule has 0 aliphatic heterocycles. The number of thiophene rings is 1. The zero-order valence-corrected chi connectivity index (χ0v) is 18.3. The number of benzene rings is 1. The first-order chi connectivity index (χ1) is 14.7. The molecule has 3 heterocycles. The number of nitrogens with zero attached hydrogens (tertiary/aromatic N) is 4. The molecule has 0 unspecified atom stereocenters. The largest absolute Gasteiger partial charge is 0.496 e. The van der Waals surface area contributed by atoms with Gasteiger partial charge in [-0.25, -0.2) is 0 Å². The Morgan fingerprint density at radius 3 is 3.07 bits per heavy atom. The van der Waals surface area contributed by atoms with Crippen molar-refractivity contribution in [2.75, 3.05) is 7.11 Å². The summed E-state index contributed by atoms with van der Waals surface area (Å²) in [5.41, 5.74) is 2.21. The van der Waals surface area contributed by atoms with Gasteiger partial charge in [-0.15, -0.1) is 21.5 Å². The SMILES string of the molecule is COc1ccccc1-c1noc(CSc2nnc(-c3cc4c(s3)CC[C@@H](C)C4)o2)n1. The topological polar surface area (TPSA) is 87.1 Å². The normalized spacial score (nSPS) is 15.9. The summed E-state index contributed by atoms with van der Waals surface area (Å²) >= 11 is 3.14. The summed E-state index contributed by atoms with van der Waals surface area (Å²) in [6.07, 6.45) is 3.52. The number of fused-ring (bicyclic) bond motifs is 1. The van der Waals surface area contributed by atoms with Gasteiger partial charge >= 0.3 is 0 Å². The van der Waals surface area contributed by atoms with Crippen LogP contribution in [0.2, 0.25) is 0 Å². The average molecular weight is 441 g/mol. The van der Waals surface area contributed by atoms with E-state index in [0.29, 0.717) is 34.3 Å². The maximum absolute atomic E-state index is 5.87. The molecule has 3 aromatic heterocycles. The number of aromatic nitrogens is 4. The lowest BCUT2D eigenvalue weighted by molar-refractivity contribution is 0.389.